The van der Waals surface area contributed by atoms with Gasteiger partial charge in [0.1, 0.15) is 21.9 Å². The van der Waals surface area contributed by atoms with Crippen LogP contribution in [0.1, 0.15) is 5.56 Å². The molecule has 1 aromatic carbocycles. The third kappa shape index (κ3) is 3.05. The number of methoxy groups -OCH3 is 2. The Kier molecular flexibility index (Phi) is 4.66. The number of aromatic nitrogens is 4. The molecule has 8 nitrogen and oxygen atoms in total. The molecule has 9 heteroatoms. The average molecular weight is 396 g/mol. The number of hydrogen-bond donors (Lipinski definition) is 1. The quantitative estimate of drug-likeness (QED) is 0.556. The lowest BCUT2D eigenvalue weighted by atomic mass is 10.2. The smallest absolute Gasteiger partial charge is 0.329 e. The summed E-state index contributed by atoms with van der Waals surface area (Å²) >= 11 is 1.04. The van der Waals surface area contributed by atoms with Gasteiger partial charge in [-0.15, -0.1) is 0 Å². The number of ether oxygens (including phenoxy) is 2. The minimum atomic E-state index is -0.521. The summed E-state index contributed by atoms with van der Waals surface area (Å²) in [6.07, 6.45) is 1.63. The Morgan fingerprint density at radius 1 is 1.14 bits per heavy atom. The second kappa shape index (κ2) is 7.28. The maximum absolute atomic E-state index is 12.9. The SMILES string of the molecule is COc1ccc(Cn2c(=O)[nH]c3c(-c4ccccn4)nsc3c2=O)c(OC)c1. The van der Waals surface area contributed by atoms with Crippen LogP contribution in [0.2, 0.25) is 0 Å². The minimum absolute atomic E-state index is 0.0636. The highest BCUT2D eigenvalue weighted by molar-refractivity contribution is 7.13. The van der Waals surface area contributed by atoms with Crippen LogP contribution in [0.5, 0.6) is 11.5 Å². The van der Waals surface area contributed by atoms with Crippen molar-refractivity contribution in [3.8, 4) is 22.9 Å². The van der Waals surface area contributed by atoms with E-state index in [0.717, 1.165) is 16.1 Å². The molecular formula is C19H16N4O4S. The normalized spacial score (nSPS) is 10.9. The topological polar surface area (TPSA) is 99.1 Å². The molecule has 4 aromatic rings. The van der Waals surface area contributed by atoms with Crippen molar-refractivity contribution in [1.82, 2.24) is 18.9 Å². The van der Waals surface area contributed by atoms with E-state index in [-0.39, 0.29) is 6.54 Å². The van der Waals surface area contributed by atoms with E-state index in [2.05, 4.69) is 14.3 Å². The molecule has 0 aliphatic heterocycles. The molecule has 3 aromatic heterocycles. The predicted molar refractivity (Wildman–Crippen MR) is 106 cm³/mol. The predicted octanol–water partition coefficient (Wildman–Crippen LogP) is 2.27. The number of nitrogens with zero attached hydrogens (tertiary/aromatic N) is 3. The number of fused-ring (bicyclic) bond motifs is 1. The van der Waals surface area contributed by atoms with Crippen LogP contribution in [0, 0.1) is 0 Å². The van der Waals surface area contributed by atoms with Gasteiger partial charge in [0.15, 0.2) is 0 Å². The second-order valence-electron chi connectivity index (χ2n) is 5.95. The number of nitrogens with one attached hydrogen (secondary N) is 1. The van der Waals surface area contributed by atoms with Crippen LogP contribution in [0.3, 0.4) is 0 Å². The fourth-order valence-electron chi connectivity index (χ4n) is 2.92. The summed E-state index contributed by atoms with van der Waals surface area (Å²) in [6.45, 7) is 0.0636. The van der Waals surface area contributed by atoms with Gasteiger partial charge in [-0.05, 0) is 35.8 Å². The maximum Gasteiger partial charge on any atom is 0.329 e. The van der Waals surface area contributed by atoms with Gasteiger partial charge in [0.25, 0.3) is 5.56 Å². The van der Waals surface area contributed by atoms with Gasteiger partial charge in [0, 0.05) is 17.8 Å². The highest BCUT2D eigenvalue weighted by Gasteiger charge is 2.17. The molecule has 0 saturated heterocycles. The Morgan fingerprint density at radius 2 is 2.00 bits per heavy atom. The minimum Gasteiger partial charge on any atom is -0.497 e. The number of H-pyrrole nitrogens is 1. The first-order chi connectivity index (χ1) is 13.6. The van der Waals surface area contributed by atoms with Gasteiger partial charge in [0.2, 0.25) is 0 Å². The number of rotatable bonds is 5. The molecule has 0 bridgehead atoms. The van der Waals surface area contributed by atoms with Crippen LogP contribution >= 0.6 is 11.5 Å². The van der Waals surface area contributed by atoms with Crippen molar-refractivity contribution in [2.75, 3.05) is 14.2 Å². The van der Waals surface area contributed by atoms with Gasteiger partial charge in [-0.3, -0.25) is 14.3 Å². The fourth-order valence-corrected chi connectivity index (χ4v) is 3.71. The third-order valence-electron chi connectivity index (χ3n) is 4.34. The molecule has 0 amide bonds. The van der Waals surface area contributed by atoms with Gasteiger partial charge in [-0.25, -0.2) is 4.79 Å². The van der Waals surface area contributed by atoms with Crippen molar-refractivity contribution in [2.24, 2.45) is 0 Å². The first-order valence-corrected chi connectivity index (χ1v) is 9.14. The Bertz CT molecular complexity index is 1260. The van der Waals surface area contributed by atoms with Crippen molar-refractivity contribution >= 4 is 21.7 Å². The first-order valence-electron chi connectivity index (χ1n) is 8.37. The highest BCUT2D eigenvalue weighted by Crippen LogP contribution is 2.26. The third-order valence-corrected chi connectivity index (χ3v) is 5.17. The first kappa shape index (κ1) is 17.9. The zero-order chi connectivity index (χ0) is 19.7. The van der Waals surface area contributed by atoms with Crippen molar-refractivity contribution in [3.63, 3.8) is 0 Å². The van der Waals surface area contributed by atoms with Crippen LogP contribution in [0.4, 0.5) is 0 Å². The number of benzene rings is 1. The van der Waals surface area contributed by atoms with E-state index in [9.17, 15) is 9.59 Å². The number of hydrogen-bond acceptors (Lipinski definition) is 7. The molecule has 4 rings (SSSR count). The van der Waals surface area contributed by atoms with E-state index in [1.54, 1.807) is 43.6 Å². The standard InChI is InChI=1S/C19H16N4O4S/c1-26-12-7-6-11(14(9-12)27-2)10-23-18(24)17-16(21-19(23)25)15(22-28-17)13-5-3-4-8-20-13/h3-9H,10H2,1-2H3,(H,21,25). The van der Waals surface area contributed by atoms with Crippen LogP contribution in [0.15, 0.2) is 52.2 Å². The molecule has 0 aliphatic carbocycles. The molecule has 0 aliphatic rings. The summed E-state index contributed by atoms with van der Waals surface area (Å²) in [5, 5.41) is 0. The average Bonchev–Trinajstić information content (AvgIpc) is 3.15. The lowest BCUT2D eigenvalue weighted by Crippen LogP contribution is -2.35. The summed E-state index contributed by atoms with van der Waals surface area (Å²) in [4.78, 5) is 32.6. The van der Waals surface area contributed by atoms with E-state index >= 15 is 0 Å². The van der Waals surface area contributed by atoms with Gasteiger partial charge in [-0.1, -0.05) is 6.07 Å². The molecular weight excluding hydrogens is 380 g/mol. The lowest BCUT2D eigenvalue weighted by molar-refractivity contribution is 0.390. The molecule has 0 radical (unpaired) electrons. The van der Waals surface area contributed by atoms with Crippen molar-refractivity contribution in [1.29, 1.82) is 0 Å². The largest absolute Gasteiger partial charge is 0.497 e. The molecule has 28 heavy (non-hydrogen) atoms. The molecule has 0 spiro atoms. The van der Waals surface area contributed by atoms with Crippen LogP contribution in [0.25, 0.3) is 21.6 Å². The van der Waals surface area contributed by atoms with Crippen molar-refractivity contribution < 1.29 is 9.47 Å². The van der Waals surface area contributed by atoms with Crippen molar-refractivity contribution in [3.05, 3.63) is 69.0 Å². The Labute approximate surface area is 163 Å². The molecule has 0 fully saturated rings. The fraction of sp³-hybridized carbons (Fsp3) is 0.158. The van der Waals surface area contributed by atoms with Gasteiger partial charge < -0.3 is 14.5 Å². The monoisotopic (exact) mass is 396 g/mol. The van der Waals surface area contributed by atoms with E-state index in [0.29, 0.717) is 38.7 Å². The Balaban J connectivity index is 1.82. The number of aromatic amines is 1. The Morgan fingerprint density at radius 3 is 2.71 bits per heavy atom. The molecule has 1 N–H and O–H groups in total. The maximum atomic E-state index is 12.9. The van der Waals surface area contributed by atoms with Gasteiger partial charge >= 0.3 is 5.69 Å². The molecule has 142 valence electrons. The van der Waals surface area contributed by atoms with Gasteiger partial charge in [-0.2, -0.15) is 4.37 Å². The van der Waals surface area contributed by atoms with E-state index in [1.165, 1.54) is 7.11 Å². The molecule has 0 unspecified atom stereocenters. The summed E-state index contributed by atoms with van der Waals surface area (Å²) in [5.74, 6) is 1.16. The van der Waals surface area contributed by atoms with Crippen LogP contribution in [-0.4, -0.2) is 33.1 Å². The molecule has 0 atom stereocenters. The zero-order valence-electron chi connectivity index (χ0n) is 15.1. The summed E-state index contributed by atoms with van der Waals surface area (Å²) < 4.78 is 16.4. The highest BCUT2D eigenvalue weighted by atomic mass is 32.1. The van der Waals surface area contributed by atoms with E-state index in [4.69, 9.17) is 9.47 Å². The number of pyridine rings is 1. The van der Waals surface area contributed by atoms with Gasteiger partial charge in [0.05, 0.1) is 32.0 Å². The van der Waals surface area contributed by atoms with Crippen LogP contribution in [-0.2, 0) is 6.54 Å². The molecule has 3 heterocycles. The molecule has 0 saturated carbocycles. The zero-order valence-corrected chi connectivity index (χ0v) is 15.9. The lowest BCUT2D eigenvalue weighted by Gasteiger charge is -2.11. The van der Waals surface area contributed by atoms with Crippen LogP contribution < -0.4 is 20.7 Å². The summed E-state index contributed by atoms with van der Waals surface area (Å²) in [6, 6.07) is 10.6. The second-order valence-corrected chi connectivity index (χ2v) is 6.72. The van der Waals surface area contributed by atoms with E-state index in [1.807, 2.05) is 6.07 Å². The van der Waals surface area contributed by atoms with Crippen molar-refractivity contribution in [2.45, 2.75) is 6.54 Å². The van der Waals surface area contributed by atoms with E-state index < -0.39 is 11.2 Å². The Hall–Kier alpha value is -3.46. The summed E-state index contributed by atoms with van der Waals surface area (Å²) in [7, 11) is 3.08. The summed E-state index contributed by atoms with van der Waals surface area (Å²) in [5.41, 5.74) is 1.24.